The topological polar surface area (TPSA) is 25.2 Å². The van der Waals surface area contributed by atoms with E-state index in [1.54, 1.807) is 0 Å². The Hall–Kier alpha value is -1.25. The summed E-state index contributed by atoms with van der Waals surface area (Å²) in [6, 6.07) is 2.41. The van der Waals surface area contributed by atoms with Gasteiger partial charge in [-0.2, -0.15) is 0 Å². The third-order valence-corrected chi connectivity index (χ3v) is 3.42. The van der Waals surface area contributed by atoms with Crippen LogP contribution in [0.1, 0.15) is 61.4 Å². The van der Waals surface area contributed by atoms with Crippen molar-refractivity contribution in [3.63, 3.8) is 0 Å². The summed E-state index contributed by atoms with van der Waals surface area (Å²) in [5.74, 6) is 0.142. The number of amides is 1. The second-order valence-corrected chi connectivity index (χ2v) is 5.33. The summed E-state index contributed by atoms with van der Waals surface area (Å²) in [7, 11) is 1.89. The second-order valence-electron chi connectivity index (χ2n) is 5.33. The van der Waals surface area contributed by atoms with Gasteiger partial charge in [0.05, 0.1) is 5.56 Å². The number of aromatic nitrogens is 1. The van der Waals surface area contributed by atoms with Crippen molar-refractivity contribution in [3.05, 3.63) is 23.0 Å². The van der Waals surface area contributed by atoms with E-state index in [1.165, 1.54) is 0 Å². The Balaban J connectivity index is 2.97. The largest absolute Gasteiger partial charge is 0.346 e. The van der Waals surface area contributed by atoms with Crippen molar-refractivity contribution < 1.29 is 4.79 Å². The second kappa shape index (κ2) is 6.07. The minimum Gasteiger partial charge on any atom is -0.346 e. The van der Waals surface area contributed by atoms with Gasteiger partial charge in [0.2, 0.25) is 0 Å². The van der Waals surface area contributed by atoms with E-state index in [0.717, 1.165) is 36.3 Å². The molecule has 3 heteroatoms. The summed E-state index contributed by atoms with van der Waals surface area (Å²) >= 11 is 0. The van der Waals surface area contributed by atoms with Crippen LogP contribution in [-0.2, 0) is 0 Å². The highest BCUT2D eigenvalue weighted by molar-refractivity contribution is 5.95. The van der Waals surface area contributed by atoms with E-state index in [2.05, 4.69) is 32.3 Å². The Morgan fingerprint density at radius 3 is 2.44 bits per heavy atom. The molecule has 0 spiro atoms. The first kappa shape index (κ1) is 14.8. The van der Waals surface area contributed by atoms with Crippen molar-refractivity contribution in [2.45, 2.75) is 53.5 Å². The molecule has 0 aromatic carbocycles. The monoisotopic (exact) mass is 250 g/mol. The Morgan fingerprint density at radius 2 is 2.00 bits per heavy atom. The number of rotatable bonds is 5. The molecule has 102 valence electrons. The standard InChI is InChI=1S/C15H26N2O/c1-7-8-9-16(6)15(18)14-10-12(4)17(11(2)3)13(14)5/h10-11H,7-9H2,1-6H3. The normalized spacial score (nSPS) is 11.1. The van der Waals surface area contributed by atoms with E-state index in [1.807, 2.05) is 24.9 Å². The van der Waals surface area contributed by atoms with Crippen LogP contribution in [0.4, 0.5) is 0 Å². The molecule has 0 atom stereocenters. The summed E-state index contributed by atoms with van der Waals surface area (Å²) in [4.78, 5) is 14.2. The van der Waals surface area contributed by atoms with Crippen LogP contribution < -0.4 is 0 Å². The van der Waals surface area contributed by atoms with Crippen LogP contribution in [0, 0.1) is 13.8 Å². The molecule has 18 heavy (non-hydrogen) atoms. The lowest BCUT2D eigenvalue weighted by molar-refractivity contribution is 0.0792. The van der Waals surface area contributed by atoms with Crippen LogP contribution in [-0.4, -0.2) is 29.0 Å². The quantitative estimate of drug-likeness (QED) is 0.784. The van der Waals surface area contributed by atoms with E-state index in [0.29, 0.717) is 6.04 Å². The van der Waals surface area contributed by atoms with E-state index >= 15 is 0 Å². The number of hydrogen-bond donors (Lipinski definition) is 0. The average Bonchev–Trinajstić information content (AvgIpc) is 2.60. The first-order valence-electron chi connectivity index (χ1n) is 6.84. The van der Waals surface area contributed by atoms with Crippen molar-refractivity contribution in [1.82, 2.24) is 9.47 Å². The zero-order chi connectivity index (χ0) is 13.9. The van der Waals surface area contributed by atoms with Crippen molar-refractivity contribution >= 4 is 5.91 Å². The molecule has 0 saturated heterocycles. The zero-order valence-corrected chi connectivity index (χ0v) is 12.6. The minimum absolute atomic E-state index is 0.142. The van der Waals surface area contributed by atoms with Gasteiger partial charge in [0.15, 0.2) is 0 Å². The Labute approximate surface area is 111 Å². The lowest BCUT2D eigenvalue weighted by Crippen LogP contribution is -2.28. The van der Waals surface area contributed by atoms with Crippen LogP contribution >= 0.6 is 0 Å². The molecule has 0 N–H and O–H groups in total. The van der Waals surface area contributed by atoms with Crippen molar-refractivity contribution in [1.29, 1.82) is 0 Å². The van der Waals surface area contributed by atoms with Crippen molar-refractivity contribution in [2.75, 3.05) is 13.6 Å². The summed E-state index contributed by atoms with van der Waals surface area (Å²) in [6.45, 7) is 11.4. The van der Waals surface area contributed by atoms with E-state index < -0.39 is 0 Å². The average molecular weight is 250 g/mol. The van der Waals surface area contributed by atoms with Gasteiger partial charge in [0.25, 0.3) is 5.91 Å². The zero-order valence-electron chi connectivity index (χ0n) is 12.6. The first-order chi connectivity index (χ1) is 8.40. The number of hydrogen-bond acceptors (Lipinski definition) is 1. The fourth-order valence-corrected chi connectivity index (χ4v) is 2.49. The van der Waals surface area contributed by atoms with Gasteiger partial charge in [-0.05, 0) is 40.2 Å². The summed E-state index contributed by atoms with van der Waals surface area (Å²) in [5, 5.41) is 0. The van der Waals surface area contributed by atoms with Gasteiger partial charge in [0, 0.05) is 31.0 Å². The molecular weight excluding hydrogens is 224 g/mol. The van der Waals surface area contributed by atoms with Gasteiger partial charge in [-0.1, -0.05) is 13.3 Å². The SMILES string of the molecule is CCCCN(C)C(=O)c1cc(C)n(C(C)C)c1C. The van der Waals surface area contributed by atoms with Gasteiger partial charge < -0.3 is 9.47 Å². The molecule has 1 amide bonds. The molecule has 1 rings (SSSR count). The summed E-state index contributed by atoms with van der Waals surface area (Å²) in [5.41, 5.74) is 3.09. The number of nitrogens with zero attached hydrogens (tertiary/aromatic N) is 2. The smallest absolute Gasteiger partial charge is 0.255 e. The molecule has 3 nitrogen and oxygen atoms in total. The number of carbonyl (C=O) groups excluding carboxylic acids is 1. The van der Waals surface area contributed by atoms with Gasteiger partial charge in [-0.15, -0.1) is 0 Å². The summed E-state index contributed by atoms with van der Waals surface area (Å²) < 4.78 is 2.22. The van der Waals surface area contributed by atoms with Crippen LogP contribution in [0.25, 0.3) is 0 Å². The molecule has 0 saturated carbocycles. The Bertz CT molecular complexity index is 418. The van der Waals surface area contributed by atoms with Gasteiger partial charge in [-0.25, -0.2) is 0 Å². The van der Waals surface area contributed by atoms with Crippen LogP contribution in [0.2, 0.25) is 0 Å². The highest BCUT2D eigenvalue weighted by Gasteiger charge is 2.19. The van der Waals surface area contributed by atoms with Crippen molar-refractivity contribution in [3.8, 4) is 0 Å². The number of carbonyl (C=O) groups is 1. The molecule has 1 aromatic rings. The third kappa shape index (κ3) is 2.95. The molecule has 0 bridgehead atoms. The molecule has 0 aliphatic heterocycles. The fraction of sp³-hybridized carbons (Fsp3) is 0.667. The predicted molar refractivity (Wildman–Crippen MR) is 76.2 cm³/mol. The number of unbranched alkanes of at least 4 members (excludes halogenated alkanes) is 1. The van der Waals surface area contributed by atoms with Gasteiger partial charge in [-0.3, -0.25) is 4.79 Å². The maximum absolute atomic E-state index is 12.4. The molecule has 0 radical (unpaired) electrons. The van der Waals surface area contributed by atoms with E-state index in [-0.39, 0.29) is 5.91 Å². The lowest BCUT2D eigenvalue weighted by atomic mass is 10.2. The summed E-state index contributed by atoms with van der Waals surface area (Å²) in [6.07, 6.45) is 2.17. The van der Waals surface area contributed by atoms with Crippen LogP contribution in [0.3, 0.4) is 0 Å². The maximum Gasteiger partial charge on any atom is 0.255 e. The molecule has 0 fully saturated rings. The highest BCUT2D eigenvalue weighted by Crippen LogP contribution is 2.21. The Kier molecular flexibility index (Phi) is 5.00. The number of aryl methyl sites for hydroxylation is 1. The van der Waals surface area contributed by atoms with Gasteiger partial charge >= 0.3 is 0 Å². The first-order valence-corrected chi connectivity index (χ1v) is 6.84. The molecule has 0 aliphatic carbocycles. The van der Waals surface area contributed by atoms with Crippen LogP contribution in [0.15, 0.2) is 6.07 Å². The van der Waals surface area contributed by atoms with E-state index in [4.69, 9.17) is 0 Å². The maximum atomic E-state index is 12.4. The molecule has 0 unspecified atom stereocenters. The minimum atomic E-state index is 0.142. The molecule has 0 aliphatic rings. The Morgan fingerprint density at radius 1 is 1.39 bits per heavy atom. The fourth-order valence-electron chi connectivity index (χ4n) is 2.49. The molecule has 1 heterocycles. The third-order valence-electron chi connectivity index (χ3n) is 3.42. The highest BCUT2D eigenvalue weighted by atomic mass is 16.2. The molecule has 1 aromatic heterocycles. The van der Waals surface area contributed by atoms with Crippen LogP contribution in [0.5, 0.6) is 0 Å². The molecular formula is C15H26N2O. The lowest BCUT2D eigenvalue weighted by Gasteiger charge is -2.18. The van der Waals surface area contributed by atoms with E-state index in [9.17, 15) is 4.79 Å². The van der Waals surface area contributed by atoms with Crippen molar-refractivity contribution in [2.24, 2.45) is 0 Å². The van der Waals surface area contributed by atoms with Gasteiger partial charge in [0.1, 0.15) is 0 Å². The predicted octanol–water partition coefficient (Wildman–Crippen LogP) is 3.56.